The molecule has 0 spiro atoms. The highest BCUT2D eigenvalue weighted by Gasteiger charge is 2.15. The number of rotatable bonds is 2. The van der Waals surface area contributed by atoms with Gasteiger partial charge < -0.3 is 4.55 Å². The zero-order chi connectivity index (χ0) is 21.1. The van der Waals surface area contributed by atoms with E-state index in [0.717, 1.165) is 5.56 Å². The number of diazo groups is 1. The summed E-state index contributed by atoms with van der Waals surface area (Å²) >= 11 is 5.65. The molecule has 1 atom stereocenters. The first-order chi connectivity index (χ1) is 12.9. The van der Waals surface area contributed by atoms with E-state index >= 15 is 0 Å². The number of hydrogen-bond donors (Lipinski definition) is 1. The zero-order valence-electron chi connectivity index (χ0n) is 14.6. The topological polar surface area (TPSA) is 123 Å². The van der Waals surface area contributed by atoms with Crippen LogP contribution < -0.4 is 0 Å². The van der Waals surface area contributed by atoms with Crippen LogP contribution in [0.1, 0.15) is 5.56 Å². The molecular formula is C18H15ClN2O5S2. The summed E-state index contributed by atoms with van der Waals surface area (Å²) in [5.41, 5.74) is 1.43. The number of aryl methyl sites for hydroxylation is 1. The van der Waals surface area contributed by atoms with Crippen LogP contribution >= 0.6 is 11.6 Å². The van der Waals surface area contributed by atoms with E-state index < -0.39 is 19.9 Å². The van der Waals surface area contributed by atoms with Gasteiger partial charge in [0.15, 0.2) is 4.98 Å². The summed E-state index contributed by atoms with van der Waals surface area (Å²) in [6.07, 6.45) is 0. The highest BCUT2D eigenvalue weighted by atomic mass is 35.5. The molecule has 1 N–H and O–H groups in total. The Balaban J connectivity index is 0.000000237. The van der Waals surface area contributed by atoms with Crippen molar-refractivity contribution >= 4 is 53.9 Å². The van der Waals surface area contributed by atoms with E-state index in [1.165, 1.54) is 36.4 Å². The van der Waals surface area contributed by atoms with Crippen molar-refractivity contribution in [3.63, 3.8) is 0 Å². The average Bonchev–Trinajstić information content (AvgIpc) is 2.59. The van der Waals surface area contributed by atoms with Gasteiger partial charge in [-0.15, -0.1) is 0 Å². The van der Waals surface area contributed by atoms with E-state index in [2.05, 4.69) is 10.8 Å². The molecule has 0 aromatic heterocycles. The van der Waals surface area contributed by atoms with Gasteiger partial charge in [0.2, 0.25) is 5.39 Å². The first-order valence-corrected chi connectivity index (χ1v) is 11.1. The predicted octanol–water partition coefficient (Wildman–Crippen LogP) is 4.43. The van der Waals surface area contributed by atoms with Crippen molar-refractivity contribution in [1.82, 2.24) is 0 Å². The molecule has 28 heavy (non-hydrogen) atoms. The van der Waals surface area contributed by atoms with Crippen molar-refractivity contribution in [2.24, 2.45) is 0 Å². The van der Waals surface area contributed by atoms with Gasteiger partial charge in [-0.3, -0.25) is 8.76 Å². The summed E-state index contributed by atoms with van der Waals surface area (Å²) in [5, 5.41) is 9.40. The standard InChI is InChI=1S/C11H10O5S2.C7H6ClN2/c1-17(12,13)10-6-2-5-9-8(10)4-3-7-11(9)18(14,15)16;1-5-4-6(8)2-3-7(5)10-9/h2-7H,1H2,(H,12,13)(H,14,15,16);2-4H,1H3/q;+1/p-1. The van der Waals surface area contributed by atoms with E-state index in [9.17, 15) is 17.2 Å². The molecule has 3 aromatic carbocycles. The molecule has 0 amide bonds. The zero-order valence-corrected chi connectivity index (χ0v) is 17.0. The van der Waals surface area contributed by atoms with Gasteiger partial charge in [-0.1, -0.05) is 51.5 Å². The van der Waals surface area contributed by atoms with E-state index in [4.69, 9.17) is 21.5 Å². The molecule has 0 heterocycles. The Hall–Kier alpha value is -2.48. The molecule has 0 saturated carbocycles. The molecule has 0 radical (unpaired) electrons. The van der Waals surface area contributed by atoms with Crippen molar-refractivity contribution in [2.45, 2.75) is 16.7 Å². The molecular weight excluding hydrogens is 424 g/mol. The van der Waals surface area contributed by atoms with Crippen LogP contribution in [0.5, 0.6) is 0 Å². The quantitative estimate of drug-likeness (QED) is 0.358. The minimum absolute atomic E-state index is 0.0782. The normalized spacial score (nSPS) is 13.1. The van der Waals surface area contributed by atoms with Crippen molar-refractivity contribution in [3.05, 3.63) is 70.2 Å². The highest BCUT2D eigenvalue weighted by molar-refractivity contribution is 7.95. The lowest BCUT2D eigenvalue weighted by Crippen LogP contribution is -2.02. The van der Waals surface area contributed by atoms with Crippen LogP contribution in [-0.4, -0.2) is 27.6 Å². The van der Waals surface area contributed by atoms with Crippen LogP contribution in [0.15, 0.2) is 64.4 Å². The third-order valence-corrected chi connectivity index (χ3v) is 5.89. The van der Waals surface area contributed by atoms with Crippen LogP contribution in [0.2, 0.25) is 5.02 Å². The van der Waals surface area contributed by atoms with Crippen molar-refractivity contribution < 1.29 is 21.7 Å². The van der Waals surface area contributed by atoms with Crippen LogP contribution in [0, 0.1) is 12.3 Å². The number of hydrogen-bond acceptors (Lipinski definition) is 5. The Labute approximate surface area is 167 Å². The van der Waals surface area contributed by atoms with Gasteiger partial charge in [-0.2, -0.15) is 8.42 Å². The maximum atomic E-state index is 11.5. The Morgan fingerprint density at radius 2 is 1.57 bits per heavy atom. The molecule has 0 saturated heterocycles. The maximum Gasteiger partial charge on any atom is 0.388 e. The average molecular weight is 439 g/mol. The van der Waals surface area contributed by atoms with Gasteiger partial charge in [0, 0.05) is 26.9 Å². The largest absolute Gasteiger partial charge is 0.774 e. The Bertz CT molecular complexity index is 1230. The lowest BCUT2D eigenvalue weighted by Gasteiger charge is -2.16. The van der Waals surface area contributed by atoms with Crippen molar-refractivity contribution in [3.8, 4) is 0 Å². The van der Waals surface area contributed by atoms with Crippen LogP contribution in [0.3, 0.4) is 0 Å². The van der Waals surface area contributed by atoms with Crippen LogP contribution in [0.25, 0.3) is 15.7 Å². The summed E-state index contributed by atoms with van der Waals surface area (Å²) < 4.78 is 54.5. The molecule has 146 valence electrons. The van der Waals surface area contributed by atoms with Gasteiger partial charge in [-0.25, -0.2) is 0 Å². The number of halogens is 1. The Kier molecular flexibility index (Phi) is 6.44. The molecule has 0 bridgehead atoms. The minimum atomic E-state index is -4.41. The van der Waals surface area contributed by atoms with Crippen molar-refractivity contribution in [1.29, 1.82) is 5.39 Å². The third kappa shape index (κ3) is 5.07. The predicted molar refractivity (Wildman–Crippen MR) is 109 cm³/mol. The molecule has 3 rings (SSSR count). The summed E-state index contributed by atoms with van der Waals surface area (Å²) in [6, 6.07) is 13.3. The molecule has 0 aliphatic rings. The van der Waals surface area contributed by atoms with Crippen LogP contribution in [-0.2, 0) is 19.9 Å². The number of benzene rings is 3. The Morgan fingerprint density at radius 1 is 1.04 bits per heavy atom. The summed E-state index contributed by atoms with van der Waals surface area (Å²) in [5.74, 6) is 3.04. The molecule has 7 nitrogen and oxygen atoms in total. The number of fused-ring (bicyclic) bond motifs is 1. The molecule has 10 heteroatoms. The number of nitrogens with zero attached hydrogens (tertiary/aromatic N) is 2. The second-order valence-electron chi connectivity index (χ2n) is 5.73. The van der Waals surface area contributed by atoms with Gasteiger partial charge in [0.25, 0.3) is 10.1 Å². The summed E-state index contributed by atoms with van der Waals surface area (Å²) in [7, 11) is -8.13. The van der Waals surface area contributed by atoms with Gasteiger partial charge in [-0.05, 0) is 36.6 Å². The molecule has 3 aromatic rings. The molecule has 0 aliphatic carbocycles. The maximum absolute atomic E-state index is 11.5. The second-order valence-corrected chi connectivity index (χ2v) is 9.22. The first kappa shape index (κ1) is 21.8. The molecule has 0 aliphatic heterocycles. The SMILES string of the molecule is C=S(=O)([O-])c1cccc2c(S(=O)(=O)O)cccc12.Cc1cc(Cl)ccc1[N+]#N. The van der Waals surface area contributed by atoms with Gasteiger partial charge in [0.05, 0.1) is 0 Å². The third-order valence-electron chi connectivity index (χ3n) is 3.72. The van der Waals surface area contributed by atoms with Gasteiger partial charge >= 0.3 is 5.69 Å². The Morgan fingerprint density at radius 3 is 2.04 bits per heavy atom. The first-order valence-electron chi connectivity index (χ1n) is 7.63. The smallest absolute Gasteiger partial charge is 0.388 e. The summed E-state index contributed by atoms with van der Waals surface area (Å²) in [4.78, 5) is 2.65. The lowest BCUT2D eigenvalue weighted by atomic mass is 10.1. The van der Waals surface area contributed by atoms with E-state index in [1.54, 1.807) is 18.2 Å². The molecule has 1 unspecified atom stereocenters. The van der Waals surface area contributed by atoms with Gasteiger partial charge in [0.1, 0.15) is 4.90 Å². The highest BCUT2D eigenvalue weighted by Crippen LogP contribution is 2.28. The van der Waals surface area contributed by atoms with Crippen LogP contribution in [0.4, 0.5) is 5.69 Å². The fourth-order valence-electron chi connectivity index (χ4n) is 2.48. The summed E-state index contributed by atoms with van der Waals surface area (Å²) in [6.45, 7) is 1.83. The van der Waals surface area contributed by atoms with E-state index in [0.29, 0.717) is 10.7 Å². The fourth-order valence-corrected chi connectivity index (χ4v) is 4.21. The van der Waals surface area contributed by atoms with E-state index in [1.807, 2.05) is 6.92 Å². The van der Waals surface area contributed by atoms with Crippen molar-refractivity contribution in [2.75, 3.05) is 0 Å². The minimum Gasteiger partial charge on any atom is -0.774 e. The second kappa shape index (κ2) is 8.26. The van der Waals surface area contributed by atoms with E-state index in [-0.39, 0.29) is 20.6 Å². The monoisotopic (exact) mass is 438 g/mol. The lowest BCUT2D eigenvalue weighted by molar-refractivity contribution is 0.484. The molecule has 0 fully saturated rings. The fraction of sp³-hybridized carbons (Fsp3) is 0.0556.